The lowest BCUT2D eigenvalue weighted by Gasteiger charge is -2.00. The molecule has 0 saturated heterocycles. The molecule has 1 aromatic carbocycles. The molecule has 4 heteroatoms. The van der Waals surface area contributed by atoms with E-state index in [4.69, 9.17) is 14.6 Å². The molecular weight excluding hydrogens is 220 g/mol. The Bertz CT molecular complexity index is 429. The van der Waals surface area contributed by atoms with Crippen molar-refractivity contribution in [3.05, 3.63) is 47.7 Å². The van der Waals surface area contributed by atoms with Gasteiger partial charge >= 0.3 is 5.97 Å². The molecule has 0 radical (unpaired) electrons. The summed E-state index contributed by atoms with van der Waals surface area (Å²) >= 11 is 0. The number of ether oxygens (including phenoxy) is 2. The van der Waals surface area contributed by atoms with Crippen molar-refractivity contribution in [2.24, 2.45) is 0 Å². The molecule has 0 aliphatic carbocycles. The van der Waals surface area contributed by atoms with Crippen LogP contribution in [-0.2, 0) is 9.53 Å². The summed E-state index contributed by atoms with van der Waals surface area (Å²) in [5, 5.41) is 8.57. The van der Waals surface area contributed by atoms with Crippen LogP contribution in [0.5, 0.6) is 5.75 Å². The second-order valence-corrected chi connectivity index (χ2v) is 3.20. The summed E-state index contributed by atoms with van der Waals surface area (Å²) in [4.78, 5) is 10.5. The number of aliphatic carboxylic acids is 1. The third-order valence-corrected chi connectivity index (χ3v) is 2.06. The van der Waals surface area contributed by atoms with Crippen LogP contribution in [0.2, 0.25) is 0 Å². The first-order valence-corrected chi connectivity index (χ1v) is 4.96. The van der Waals surface area contributed by atoms with Gasteiger partial charge in [0.15, 0.2) is 0 Å². The Morgan fingerprint density at radius 3 is 2.35 bits per heavy atom. The van der Waals surface area contributed by atoms with Gasteiger partial charge < -0.3 is 14.6 Å². The van der Waals surface area contributed by atoms with Crippen LogP contribution in [0.15, 0.2) is 42.2 Å². The Balaban J connectivity index is 2.78. The fourth-order valence-electron chi connectivity index (χ4n) is 1.19. The van der Waals surface area contributed by atoms with Gasteiger partial charge in [-0.05, 0) is 23.8 Å². The summed E-state index contributed by atoms with van der Waals surface area (Å²) in [6.45, 7) is 0. The second kappa shape index (κ2) is 6.37. The monoisotopic (exact) mass is 234 g/mol. The fourth-order valence-corrected chi connectivity index (χ4v) is 1.19. The first-order chi connectivity index (χ1) is 8.15. The SMILES string of the molecule is COC(C=Cc1ccc(OC)cc1)=CC(=O)O. The molecule has 0 unspecified atom stereocenters. The highest BCUT2D eigenvalue weighted by molar-refractivity contribution is 5.81. The van der Waals surface area contributed by atoms with Crippen LogP contribution in [0.4, 0.5) is 0 Å². The summed E-state index contributed by atoms with van der Waals surface area (Å²) < 4.78 is 9.93. The number of hydrogen-bond donors (Lipinski definition) is 1. The van der Waals surface area contributed by atoms with Crippen LogP contribution < -0.4 is 4.74 Å². The van der Waals surface area contributed by atoms with E-state index in [0.29, 0.717) is 0 Å². The quantitative estimate of drug-likeness (QED) is 0.482. The molecule has 0 aromatic heterocycles. The molecule has 0 aliphatic rings. The van der Waals surface area contributed by atoms with E-state index in [-0.39, 0.29) is 5.76 Å². The standard InChI is InChI=1S/C13H14O4/c1-16-11-6-3-10(4-7-11)5-8-12(17-2)9-13(14)15/h3-9H,1-2H3,(H,14,15). The van der Waals surface area contributed by atoms with Gasteiger partial charge in [-0.2, -0.15) is 0 Å². The normalized spacial score (nSPS) is 11.5. The first-order valence-electron chi connectivity index (χ1n) is 4.96. The molecule has 0 amide bonds. The maximum atomic E-state index is 10.5. The van der Waals surface area contributed by atoms with Gasteiger partial charge in [0.05, 0.1) is 20.3 Å². The maximum absolute atomic E-state index is 10.5. The van der Waals surface area contributed by atoms with Gasteiger partial charge in [0.2, 0.25) is 0 Å². The third kappa shape index (κ3) is 4.42. The second-order valence-electron chi connectivity index (χ2n) is 3.20. The van der Waals surface area contributed by atoms with Crippen molar-refractivity contribution < 1.29 is 19.4 Å². The zero-order chi connectivity index (χ0) is 12.7. The van der Waals surface area contributed by atoms with E-state index in [9.17, 15) is 4.79 Å². The van der Waals surface area contributed by atoms with Crippen molar-refractivity contribution in [2.45, 2.75) is 0 Å². The van der Waals surface area contributed by atoms with Crippen LogP contribution in [0.1, 0.15) is 5.56 Å². The summed E-state index contributed by atoms with van der Waals surface area (Å²) in [6.07, 6.45) is 4.35. The van der Waals surface area contributed by atoms with E-state index in [1.807, 2.05) is 24.3 Å². The van der Waals surface area contributed by atoms with Crippen molar-refractivity contribution >= 4 is 12.0 Å². The molecule has 0 atom stereocenters. The predicted molar refractivity (Wildman–Crippen MR) is 64.8 cm³/mol. The Morgan fingerprint density at radius 2 is 1.88 bits per heavy atom. The Labute approximate surface area is 99.8 Å². The van der Waals surface area contributed by atoms with Crippen molar-refractivity contribution in [3.63, 3.8) is 0 Å². The Hall–Kier alpha value is -2.23. The average Bonchev–Trinajstić information content (AvgIpc) is 2.34. The molecule has 90 valence electrons. The molecule has 17 heavy (non-hydrogen) atoms. The lowest BCUT2D eigenvalue weighted by atomic mass is 10.2. The van der Waals surface area contributed by atoms with Crippen LogP contribution in [0.3, 0.4) is 0 Å². The third-order valence-electron chi connectivity index (χ3n) is 2.06. The number of rotatable bonds is 5. The van der Waals surface area contributed by atoms with E-state index in [0.717, 1.165) is 17.4 Å². The summed E-state index contributed by atoms with van der Waals surface area (Å²) in [6, 6.07) is 7.38. The fraction of sp³-hybridized carbons (Fsp3) is 0.154. The van der Waals surface area contributed by atoms with Gasteiger partial charge in [0, 0.05) is 0 Å². The van der Waals surface area contributed by atoms with E-state index in [1.165, 1.54) is 7.11 Å². The number of carboxylic acids is 1. The summed E-state index contributed by atoms with van der Waals surface area (Å²) in [5.74, 6) is 0.0183. The van der Waals surface area contributed by atoms with Gasteiger partial charge in [0.1, 0.15) is 11.5 Å². The molecule has 1 rings (SSSR count). The van der Waals surface area contributed by atoms with Gasteiger partial charge in [-0.15, -0.1) is 0 Å². The smallest absolute Gasteiger partial charge is 0.332 e. The Morgan fingerprint density at radius 1 is 1.24 bits per heavy atom. The number of carbonyl (C=O) groups is 1. The molecule has 0 aliphatic heterocycles. The van der Waals surface area contributed by atoms with E-state index < -0.39 is 5.97 Å². The summed E-state index contributed by atoms with van der Waals surface area (Å²) in [5.41, 5.74) is 0.930. The topological polar surface area (TPSA) is 55.8 Å². The van der Waals surface area contributed by atoms with Gasteiger partial charge in [-0.25, -0.2) is 4.79 Å². The molecule has 1 N–H and O–H groups in total. The minimum Gasteiger partial charge on any atom is -0.497 e. The highest BCUT2D eigenvalue weighted by Crippen LogP contribution is 2.13. The van der Waals surface area contributed by atoms with Crippen molar-refractivity contribution in [1.82, 2.24) is 0 Å². The highest BCUT2D eigenvalue weighted by Gasteiger charge is 1.95. The summed E-state index contributed by atoms with van der Waals surface area (Å²) in [7, 11) is 3.02. The molecule has 0 fully saturated rings. The lowest BCUT2D eigenvalue weighted by molar-refractivity contribution is -0.131. The van der Waals surface area contributed by atoms with E-state index >= 15 is 0 Å². The number of carboxylic acid groups (broad SMARTS) is 1. The lowest BCUT2D eigenvalue weighted by Crippen LogP contribution is -1.92. The van der Waals surface area contributed by atoms with Crippen LogP contribution in [-0.4, -0.2) is 25.3 Å². The predicted octanol–water partition coefficient (Wildman–Crippen LogP) is 2.32. The first kappa shape index (κ1) is 12.8. The maximum Gasteiger partial charge on any atom is 0.332 e. The van der Waals surface area contributed by atoms with Crippen molar-refractivity contribution in [2.75, 3.05) is 14.2 Å². The van der Waals surface area contributed by atoms with Gasteiger partial charge in [0.25, 0.3) is 0 Å². The Kier molecular flexibility index (Phi) is 4.81. The zero-order valence-corrected chi connectivity index (χ0v) is 9.71. The largest absolute Gasteiger partial charge is 0.497 e. The number of benzene rings is 1. The number of methoxy groups -OCH3 is 2. The van der Waals surface area contributed by atoms with Gasteiger partial charge in [-0.3, -0.25) is 0 Å². The molecule has 0 spiro atoms. The zero-order valence-electron chi connectivity index (χ0n) is 9.71. The molecule has 4 nitrogen and oxygen atoms in total. The minimum atomic E-state index is -1.04. The van der Waals surface area contributed by atoms with Crippen LogP contribution in [0.25, 0.3) is 6.08 Å². The number of allylic oxidation sites excluding steroid dienone is 1. The minimum absolute atomic E-state index is 0.285. The van der Waals surface area contributed by atoms with Crippen molar-refractivity contribution in [3.8, 4) is 5.75 Å². The average molecular weight is 234 g/mol. The highest BCUT2D eigenvalue weighted by atomic mass is 16.5. The number of hydrogen-bond acceptors (Lipinski definition) is 3. The molecule has 0 saturated carbocycles. The van der Waals surface area contributed by atoms with Crippen molar-refractivity contribution in [1.29, 1.82) is 0 Å². The molecular formula is C13H14O4. The van der Waals surface area contributed by atoms with Crippen LogP contribution >= 0.6 is 0 Å². The van der Waals surface area contributed by atoms with E-state index in [2.05, 4.69) is 0 Å². The molecule has 0 bridgehead atoms. The van der Waals surface area contributed by atoms with Gasteiger partial charge in [-0.1, -0.05) is 18.2 Å². The molecule has 1 aromatic rings. The molecule has 0 heterocycles. The van der Waals surface area contributed by atoms with Crippen LogP contribution in [0, 0.1) is 0 Å². The van der Waals surface area contributed by atoms with E-state index in [1.54, 1.807) is 19.3 Å².